The lowest BCUT2D eigenvalue weighted by Gasteiger charge is -2.12. The van der Waals surface area contributed by atoms with Crippen molar-refractivity contribution in [2.45, 2.75) is 20.3 Å². The van der Waals surface area contributed by atoms with Gasteiger partial charge in [0.25, 0.3) is 0 Å². The third-order valence-electron chi connectivity index (χ3n) is 2.66. The smallest absolute Gasteiger partial charge is 0.319 e. The summed E-state index contributed by atoms with van der Waals surface area (Å²) < 4.78 is 0. The predicted molar refractivity (Wildman–Crippen MR) is 69.6 cm³/mol. The van der Waals surface area contributed by atoms with E-state index in [-0.39, 0.29) is 6.54 Å². The molecule has 1 unspecified atom stereocenters. The minimum absolute atomic E-state index is 0.129. The van der Waals surface area contributed by atoms with Crippen LogP contribution in [-0.4, -0.2) is 23.7 Å². The second kappa shape index (κ2) is 6.64. The first-order valence-corrected chi connectivity index (χ1v) is 5.87. The van der Waals surface area contributed by atoms with E-state index in [9.17, 15) is 9.59 Å². The van der Waals surface area contributed by atoms with Crippen LogP contribution in [0.5, 0.6) is 0 Å². The highest BCUT2D eigenvalue weighted by molar-refractivity contribution is 5.89. The Morgan fingerprint density at radius 1 is 1.28 bits per heavy atom. The Balaban J connectivity index is 2.42. The highest BCUT2D eigenvalue weighted by atomic mass is 16.4. The average molecular weight is 250 g/mol. The molecular weight excluding hydrogens is 232 g/mol. The number of benzene rings is 1. The van der Waals surface area contributed by atoms with Gasteiger partial charge in [-0.1, -0.05) is 24.6 Å². The molecule has 0 saturated heterocycles. The van der Waals surface area contributed by atoms with Crippen LogP contribution in [0.25, 0.3) is 0 Å². The Labute approximate surface area is 106 Å². The Kier molecular flexibility index (Phi) is 5.17. The molecule has 0 fully saturated rings. The summed E-state index contributed by atoms with van der Waals surface area (Å²) in [6, 6.07) is 6.98. The zero-order valence-electron chi connectivity index (χ0n) is 10.6. The summed E-state index contributed by atoms with van der Waals surface area (Å²) in [5, 5.41) is 14.0. The molecule has 1 atom stereocenters. The molecular formula is C13H18N2O3. The SMILES string of the molecule is CCC(CNC(=O)Nc1ccc(C)cc1)C(=O)O. The molecule has 0 spiro atoms. The Bertz CT molecular complexity index is 415. The minimum atomic E-state index is -0.895. The number of amides is 2. The summed E-state index contributed by atoms with van der Waals surface area (Å²) in [5.41, 5.74) is 1.79. The van der Waals surface area contributed by atoms with Crippen molar-refractivity contribution in [2.24, 2.45) is 5.92 Å². The van der Waals surface area contributed by atoms with E-state index < -0.39 is 17.9 Å². The standard InChI is InChI=1S/C13H18N2O3/c1-3-10(12(16)17)8-14-13(18)15-11-6-4-9(2)5-7-11/h4-7,10H,3,8H2,1-2H3,(H,16,17)(H2,14,15,18). The highest BCUT2D eigenvalue weighted by Gasteiger charge is 2.15. The Hall–Kier alpha value is -2.04. The molecule has 1 rings (SSSR count). The number of hydrogen-bond donors (Lipinski definition) is 3. The molecule has 0 radical (unpaired) electrons. The largest absolute Gasteiger partial charge is 0.481 e. The highest BCUT2D eigenvalue weighted by Crippen LogP contribution is 2.08. The molecule has 18 heavy (non-hydrogen) atoms. The molecule has 5 heteroatoms. The van der Waals surface area contributed by atoms with Crippen molar-refractivity contribution in [1.29, 1.82) is 0 Å². The van der Waals surface area contributed by atoms with E-state index in [2.05, 4.69) is 10.6 Å². The average Bonchev–Trinajstić information content (AvgIpc) is 2.32. The van der Waals surface area contributed by atoms with Gasteiger partial charge in [0.15, 0.2) is 0 Å². The van der Waals surface area contributed by atoms with Gasteiger partial charge in [0.05, 0.1) is 5.92 Å². The van der Waals surface area contributed by atoms with E-state index in [0.717, 1.165) is 5.56 Å². The van der Waals surface area contributed by atoms with Crippen molar-refractivity contribution in [3.63, 3.8) is 0 Å². The zero-order valence-corrected chi connectivity index (χ0v) is 10.6. The lowest BCUT2D eigenvalue weighted by atomic mass is 10.1. The van der Waals surface area contributed by atoms with Gasteiger partial charge in [-0.2, -0.15) is 0 Å². The maximum Gasteiger partial charge on any atom is 0.319 e. The fraction of sp³-hybridized carbons (Fsp3) is 0.385. The number of hydrogen-bond acceptors (Lipinski definition) is 2. The summed E-state index contributed by atoms with van der Waals surface area (Å²) in [5.74, 6) is -1.44. The first-order valence-electron chi connectivity index (χ1n) is 5.87. The van der Waals surface area contributed by atoms with Crippen molar-refractivity contribution < 1.29 is 14.7 Å². The lowest BCUT2D eigenvalue weighted by Crippen LogP contribution is -2.35. The van der Waals surface area contributed by atoms with E-state index in [4.69, 9.17) is 5.11 Å². The van der Waals surface area contributed by atoms with Crippen LogP contribution in [0.15, 0.2) is 24.3 Å². The summed E-state index contributed by atoms with van der Waals surface area (Å²) in [6.07, 6.45) is 0.486. The molecule has 98 valence electrons. The number of rotatable bonds is 5. The lowest BCUT2D eigenvalue weighted by molar-refractivity contribution is -0.141. The van der Waals surface area contributed by atoms with Gasteiger partial charge in [0.1, 0.15) is 0 Å². The van der Waals surface area contributed by atoms with E-state index >= 15 is 0 Å². The van der Waals surface area contributed by atoms with Crippen LogP contribution in [0.2, 0.25) is 0 Å². The predicted octanol–water partition coefficient (Wildman–Crippen LogP) is 2.23. The molecule has 0 aromatic heterocycles. The molecule has 1 aromatic rings. The fourth-order valence-corrected chi connectivity index (χ4v) is 1.43. The molecule has 3 N–H and O–H groups in total. The van der Waals surface area contributed by atoms with Crippen LogP contribution in [0, 0.1) is 12.8 Å². The van der Waals surface area contributed by atoms with Gasteiger partial charge >= 0.3 is 12.0 Å². The molecule has 0 aliphatic heterocycles. The quantitative estimate of drug-likeness (QED) is 0.749. The van der Waals surface area contributed by atoms with E-state index in [0.29, 0.717) is 12.1 Å². The summed E-state index contributed by atoms with van der Waals surface area (Å²) in [7, 11) is 0. The van der Waals surface area contributed by atoms with Crippen LogP contribution < -0.4 is 10.6 Å². The molecule has 0 bridgehead atoms. The zero-order chi connectivity index (χ0) is 13.5. The second-order valence-corrected chi connectivity index (χ2v) is 4.14. The van der Waals surface area contributed by atoms with Crippen molar-refractivity contribution in [1.82, 2.24) is 5.32 Å². The number of anilines is 1. The van der Waals surface area contributed by atoms with Gasteiger partial charge < -0.3 is 15.7 Å². The number of aryl methyl sites for hydroxylation is 1. The van der Waals surface area contributed by atoms with Gasteiger partial charge in [-0.3, -0.25) is 4.79 Å². The van der Waals surface area contributed by atoms with Crippen molar-refractivity contribution in [3.8, 4) is 0 Å². The normalized spacial score (nSPS) is 11.7. The monoisotopic (exact) mass is 250 g/mol. The van der Waals surface area contributed by atoms with Crippen molar-refractivity contribution in [3.05, 3.63) is 29.8 Å². The van der Waals surface area contributed by atoms with Crippen LogP contribution >= 0.6 is 0 Å². The molecule has 0 aliphatic carbocycles. The summed E-state index contributed by atoms with van der Waals surface area (Å²) in [6.45, 7) is 3.87. The molecule has 2 amide bonds. The third kappa shape index (κ3) is 4.45. The first-order chi connectivity index (χ1) is 8.52. The van der Waals surface area contributed by atoms with Gasteiger partial charge in [0.2, 0.25) is 0 Å². The van der Waals surface area contributed by atoms with Crippen molar-refractivity contribution >= 4 is 17.7 Å². The number of nitrogens with one attached hydrogen (secondary N) is 2. The Morgan fingerprint density at radius 3 is 2.39 bits per heavy atom. The number of carboxylic acids is 1. The molecule has 5 nitrogen and oxygen atoms in total. The van der Waals surface area contributed by atoms with Crippen LogP contribution in [0.3, 0.4) is 0 Å². The maximum atomic E-state index is 11.5. The van der Waals surface area contributed by atoms with Gasteiger partial charge in [-0.05, 0) is 25.5 Å². The summed E-state index contributed by atoms with van der Waals surface area (Å²) >= 11 is 0. The van der Waals surface area contributed by atoms with E-state index in [1.54, 1.807) is 19.1 Å². The first kappa shape index (κ1) is 14.0. The number of carbonyl (C=O) groups is 2. The van der Waals surface area contributed by atoms with Gasteiger partial charge in [-0.15, -0.1) is 0 Å². The van der Waals surface area contributed by atoms with Gasteiger partial charge in [0, 0.05) is 12.2 Å². The topological polar surface area (TPSA) is 78.4 Å². The number of aliphatic carboxylic acids is 1. The fourth-order valence-electron chi connectivity index (χ4n) is 1.43. The number of urea groups is 1. The maximum absolute atomic E-state index is 11.5. The van der Waals surface area contributed by atoms with E-state index in [1.165, 1.54) is 0 Å². The molecule has 0 saturated carbocycles. The summed E-state index contributed by atoms with van der Waals surface area (Å²) in [4.78, 5) is 22.3. The van der Waals surface area contributed by atoms with E-state index in [1.807, 2.05) is 19.1 Å². The molecule has 0 aliphatic rings. The third-order valence-corrected chi connectivity index (χ3v) is 2.66. The number of carbonyl (C=O) groups excluding carboxylic acids is 1. The molecule has 1 aromatic carbocycles. The molecule has 0 heterocycles. The Morgan fingerprint density at radius 2 is 1.89 bits per heavy atom. The van der Waals surface area contributed by atoms with Crippen LogP contribution in [-0.2, 0) is 4.79 Å². The van der Waals surface area contributed by atoms with Crippen LogP contribution in [0.4, 0.5) is 10.5 Å². The number of carboxylic acid groups (broad SMARTS) is 1. The van der Waals surface area contributed by atoms with Crippen molar-refractivity contribution in [2.75, 3.05) is 11.9 Å². The minimum Gasteiger partial charge on any atom is -0.481 e. The second-order valence-electron chi connectivity index (χ2n) is 4.14. The van der Waals surface area contributed by atoms with Crippen LogP contribution in [0.1, 0.15) is 18.9 Å². The van der Waals surface area contributed by atoms with Gasteiger partial charge in [-0.25, -0.2) is 4.79 Å².